The minimum absolute atomic E-state index is 0.00135. The average molecular weight is 693 g/mol. The number of carboxylic acids is 2. The summed E-state index contributed by atoms with van der Waals surface area (Å²) in [4.78, 5) is 82.2. The molecule has 268 valence electrons. The van der Waals surface area contributed by atoms with Gasteiger partial charge in [-0.1, -0.05) is 58.1 Å². The van der Waals surface area contributed by atoms with Crippen LogP contribution in [0.15, 0.2) is 46.3 Å². The lowest BCUT2D eigenvalue weighted by molar-refractivity contribution is -0.213. The van der Waals surface area contributed by atoms with Crippen LogP contribution in [0.1, 0.15) is 91.9 Å². The summed E-state index contributed by atoms with van der Waals surface area (Å²) in [6.45, 7) is 6.96. The van der Waals surface area contributed by atoms with E-state index in [-0.39, 0.29) is 40.7 Å². The van der Waals surface area contributed by atoms with E-state index in [0.29, 0.717) is 12.8 Å². The number of ether oxygens (including phenoxy) is 4. The van der Waals surface area contributed by atoms with Gasteiger partial charge >= 0.3 is 11.9 Å². The quantitative estimate of drug-likeness (QED) is 0.151. The summed E-state index contributed by atoms with van der Waals surface area (Å²) in [5.41, 5.74) is -4.51. The number of rotatable bonds is 14. The first-order valence-corrected chi connectivity index (χ1v) is 17.9. The molecule has 1 spiro atoms. The smallest absolute Gasteiger partial charge is 0.330 e. The van der Waals surface area contributed by atoms with Gasteiger partial charge in [0.1, 0.15) is 17.6 Å². The van der Waals surface area contributed by atoms with Crippen LogP contribution in [0.4, 0.5) is 0 Å². The molecular weight excluding hydrogens is 648 g/mol. The number of unbranched alkanes of at least 4 members (excludes halogenated alkanes) is 4. The highest BCUT2D eigenvalue weighted by atomic mass is 16.6. The molecule has 0 amide bonds. The fourth-order valence-corrected chi connectivity index (χ4v) is 9.47. The molecule has 1 saturated carbocycles. The summed E-state index contributed by atoms with van der Waals surface area (Å²) in [5.74, 6) is -5.70. The molecule has 10 atom stereocenters. The predicted octanol–water partition coefficient (Wildman–Crippen LogP) is 4.15. The zero-order valence-corrected chi connectivity index (χ0v) is 28.8. The van der Waals surface area contributed by atoms with Crippen molar-refractivity contribution < 1.29 is 57.9 Å². The summed E-state index contributed by atoms with van der Waals surface area (Å²) in [6.07, 6.45) is 5.37. The van der Waals surface area contributed by atoms with Crippen LogP contribution in [0.5, 0.6) is 0 Å². The summed E-state index contributed by atoms with van der Waals surface area (Å²) in [6, 6.07) is 0. The summed E-state index contributed by atoms with van der Waals surface area (Å²) in [7, 11) is 0. The Kier molecular flexibility index (Phi) is 8.46. The van der Waals surface area contributed by atoms with Crippen molar-refractivity contribution in [2.45, 2.75) is 134 Å². The zero-order valence-electron chi connectivity index (χ0n) is 28.8. The Bertz CT molecular complexity index is 1710. The molecule has 50 heavy (non-hydrogen) atoms. The summed E-state index contributed by atoms with van der Waals surface area (Å²) >= 11 is 0. The summed E-state index contributed by atoms with van der Waals surface area (Å²) < 4.78 is 25.1. The van der Waals surface area contributed by atoms with Crippen LogP contribution >= 0.6 is 0 Å². The Labute approximate surface area is 289 Å². The molecule has 8 aliphatic rings. The van der Waals surface area contributed by atoms with Crippen molar-refractivity contribution >= 4 is 35.1 Å². The third-order valence-corrected chi connectivity index (χ3v) is 12.2. The monoisotopic (exact) mass is 692 g/mol. The molecule has 0 aromatic heterocycles. The Hall–Kier alpha value is -3.74. The molecule has 12 nitrogen and oxygen atoms in total. The summed E-state index contributed by atoms with van der Waals surface area (Å²) in [5, 5.41) is 19.0. The van der Waals surface area contributed by atoms with E-state index in [1.807, 2.05) is 0 Å². The van der Waals surface area contributed by atoms with Crippen molar-refractivity contribution in [2.75, 3.05) is 0 Å². The van der Waals surface area contributed by atoms with Crippen LogP contribution in [0.3, 0.4) is 0 Å². The molecule has 5 aliphatic heterocycles. The van der Waals surface area contributed by atoms with Crippen molar-refractivity contribution in [3.63, 3.8) is 0 Å². The highest BCUT2D eigenvalue weighted by molar-refractivity contribution is 6.25. The van der Waals surface area contributed by atoms with Gasteiger partial charge in [0.25, 0.3) is 0 Å². The number of carbonyl (C=O) groups excluding carboxylic acids is 4. The van der Waals surface area contributed by atoms with Gasteiger partial charge in [0, 0.05) is 52.5 Å². The molecule has 3 saturated heterocycles. The maximum atomic E-state index is 15.4. The molecule has 0 unspecified atom stereocenters. The molecule has 0 aromatic carbocycles. The minimum atomic E-state index is -1.71. The van der Waals surface area contributed by atoms with Crippen molar-refractivity contribution in [1.82, 2.24) is 0 Å². The zero-order chi connectivity index (χ0) is 35.9. The molecular formula is C38H44O12. The number of carbonyl (C=O) groups is 6. The van der Waals surface area contributed by atoms with Crippen molar-refractivity contribution in [3.05, 3.63) is 46.3 Å². The fourth-order valence-electron chi connectivity index (χ4n) is 9.47. The fraction of sp³-hybridized carbons (Fsp3) is 0.632. The molecule has 3 aliphatic carbocycles. The van der Waals surface area contributed by atoms with Crippen molar-refractivity contribution in [2.24, 2.45) is 17.3 Å². The number of Topliss-reactive ketones (excluding diaryl/α,β-unsaturated/α-hetero) is 4. The van der Waals surface area contributed by atoms with Gasteiger partial charge in [0.05, 0.1) is 12.4 Å². The lowest BCUT2D eigenvalue weighted by Gasteiger charge is -2.63. The number of epoxide rings is 2. The van der Waals surface area contributed by atoms with Crippen LogP contribution in [0.25, 0.3) is 0 Å². The molecule has 8 rings (SSSR count). The second-order valence-electron chi connectivity index (χ2n) is 15.0. The minimum Gasteiger partial charge on any atom is -0.497 e. The number of ketones is 4. The molecule has 2 N–H and O–H groups in total. The predicted molar refractivity (Wildman–Crippen MR) is 174 cm³/mol. The molecule has 0 radical (unpaired) electrons. The van der Waals surface area contributed by atoms with Crippen LogP contribution in [0, 0.1) is 17.3 Å². The first kappa shape index (κ1) is 34.7. The van der Waals surface area contributed by atoms with E-state index in [4.69, 9.17) is 18.9 Å². The second kappa shape index (κ2) is 12.2. The Morgan fingerprint density at radius 2 is 1.32 bits per heavy atom. The van der Waals surface area contributed by atoms with Crippen molar-refractivity contribution in [3.8, 4) is 0 Å². The van der Waals surface area contributed by atoms with E-state index in [1.165, 1.54) is 32.3 Å². The number of fused-ring (bicyclic) bond motifs is 3. The lowest BCUT2D eigenvalue weighted by atomic mass is 9.43. The van der Waals surface area contributed by atoms with Gasteiger partial charge in [0.2, 0.25) is 0 Å². The number of aliphatic carboxylic acids is 2. The van der Waals surface area contributed by atoms with E-state index >= 15 is 4.79 Å². The van der Waals surface area contributed by atoms with Gasteiger partial charge in [-0.2, -0.15) is 0 Å². The average Bonchev–Trinajstić information content (AvgIpc) is 4.02. The third kappa shape index (κ3) is 4.66. The van der Waals surface area contributed by atoms with Gasteiger partial charge < -0.3 is 29.2 Å². The Morgan fingerprint density at radius 3 is 1.92 bits per heavy atom. The normalized spacial score (nSPS) is 39.5. The van der Waals surface area contributed by atoms with E-state index in [0.717, 1.165) is 38.5 Å². The van der Waals surface area contributed by atoms with Gasteiger partial charge in [-0.3, -0.25) is 19.2 Å². The maximum absolute atomic E-state index is 15.4. The highest BCUT2D eigenvalue weighted by Crippen LogP contribution is 2.70. The van der Waals surface area contributed by atoms with Crippen molar-refractivity contribution in [1.29, 1.82) is 0 Å². The first-order valence-electron chi connectivity index (χ1n) is 17.9. The van der Waals surface area contributed by atoms with E-state index < -0.39 is 94.0 Å². The number of hydrogen-bond donors (Lipinski definition) is 2. The van der Waals surface area contributed by atoms with Gasteiger partial charge in [-0.25, -0.2) is 9.59 Å². The van der Waals surface area contributed by atoms with Gasteiger partial charge in [-0.05, 0) is 33.1 Å². The number of hydrogen-bond acceptors (Lipinski definition) is 10. The highest BCUT2D eigenvalue weighted by Gasteiger charge is 2.85. The molecule has 5 heterocycles. The standard InChI is InChI=1S/C38H44O12/c1-5-7-9-11-21-23-24-25(28(40)32-36(49-32,29(24)41)15-13-18(3)33(42)43)30(48-21)38-20(17-47-22(26(23)38)12-10-8-6-2)27(39)31-37(50-31,35(38)46)16-14-19(4)34(44)45/h13-14,17,21-23,26,30-32H,5-12,15-16H2,1-4H3,(H,42,43)(H,44,45)/b18-13+,19-14+/t21-,22+,23-,26+,30+,31+,32+,36-,37+,38-/m1/s1. The van der Waals surface area contributed by atoms with Gasteiger partial charge in [0.15, 0.2) is 46.5 Å². The van der Waals surface area contributed by atoms with E-state index in [1.54, 1.807) is 0 Å². The topological polar surface area (TPSA) is 186 Å². The number of carboxylic acid groups (broad SMARTS) is 2. The van der Waals surface area contributed by atoms with E-state index in [9.17, 15) is 34.2 Å². The molecule has 4 fully saturated rings. The molecule has 0 aromatic rings. The molecule has 2 bridgehead atoms. The van der Waals surface area contributed by atoms with Crippen LogP contribution in [0.2, 0.25) is 0 Å². The third-order valence-electron chi connectivity index (χ3n) is 12.2. The Morgan fingerprint density at radius 1 is 0.760 bits per heavy atom. The second-order valence-corrected chi connectivity index (χ2v) is 15.0. The first-order chi connectivity index (χ1) is 23.8. The largest absolute Gasteiger partial charge is 0.497 e. The van der Waals surface area contributed by atoms with Gasteiger partial charge in [-0.15, -0.1) is 0 Å². The van der Waals surface area contributed by atoms with E-state index in [2.05, 4.69) is 13.8 Å². The van der Waals surface area contributed by atoms with Crippen LogP contribution in [-0.4, -0.2) is 87.0 Å². The lowest BCUT2D eigenvalue weighted by Crippen LogP contribution is -2.74. The SMILES string of the molecule is CCCCC[C@@H]1OC=C2C(=O)[C@@H]3O[C@]3(C/C=C(\C)C(=O)O)C(=O)[C@@]23[C@@H]1[C@H]1C2=C(C(=O)[C@@H]4O[C@]4(C/C=C(\C)C(=O)O)C2=O)[C@@H]3O[C@@H]1CCCCC. The molecule has 12 heteroatoms. The van der Waals surface area contributed by atoms with Crippen LogP contribution < -0.4 is 0 Å². The Balaban J connectivity index is 1.41. The van der Waals surface area contributed by atoms with Crippen LogP contribution in [-0.2, 0) is 47.7 Å². The maximum Gasteiger partial charge on any atom is 0.330 e.